The summed E-state index contributed by atoms with van der Waals surface area (Å²) in [5.74, 6) is 0. The zero-order valence-corrected chi connectivity index (χ0v) is 12.7. The van der Waals surface area contributed by atoms with Gasteiger partial charge in [0, 0.05) is 38.1 Å². The number of anilines is 1. The lowest BCUT2D eigenvalue weighted by molar-refractivity contribution is -0.384. The number of likely N-dealkylation sites (N-methyl/N-ethyl adjacent to an activating group) is 1. The van der Waals surface area contributed by atoms with Crippen LogP contribution in [0.2, 0.25) is 0 Å². The molecule has 20 heavy (non-hydrogen) atoms. The van der Waals surface area contributed by atoms with Crippen molar-refractivity contribution in [3.05, 3.63) is 34.4 Å². The molecule has 0 aliphatic rings. The molecule has 0 fully saturated rings. The quantitative estimate of drug-likeness (QED) is 0.417. The normalized spacial score (nSPS) is 13.8. The third-order valence-electron chi connectivity index (χ3n) is 2.62. The van der Waals surface area contributed by atoms with E-state index >= 15 is 0 Å². The van der Waals surface area contributed by atoms with Gasteiger partial charge in [-0.25, -0.2) is 0 Å². The number of non-ortho nitro benzene ring substituents is 1. The van der Waals surface area contributed by atoms with Crippen molar-refractivity contribution in [1.29, 1.82) is 0 Å². The Morgan fingerprint density at radius 2 is 1.90 bits per heavy atom. The Balaban J connectivity index is 2.48. The van der Waals surface area contributed by atoms with Gasteiger partial charge in [-0.05, 0) is 19.1 Å². The summed E-state index contributed by atoms with van der Waals surface area (Å²) >= 11 is 0. The minimum absolute atomic E-state index is 0.0489. The number of hydrogen-bond acceptors (Lipinski definition) is 6. The summed E-state index contributed by atoms with van der Waals surface area (Å²) in [4.78, 5) is 12.0. The van der Waals surface area contributed by atoms with Gasteiger partial charge in [0.05, 0.1) is 18.1 Å². The molecule has 0 amide bonds. The maximum absolute atomic E-state index is 11.7. The summed E-state index contributed by atoms with van der Waals surface area (Å²) < 4.78 is 21.9. The number of nitro benzene ring substituents is 1. The highest BCUT2D eigenvalue weighted by molar-refractivity contribution is 7.52. The highest BCUT2D eigenvalue weighted by atomic mass is 31.2. The summed E-state index contributed by atoms with van der Waals surface area (Å²) in [6.45, 7) is 4.28. The molecule has 0 bridgehead atoms. The van der Waals surface area contributed by atoms with E-state index in [-0.39, 0.29) is 12.3 Å². The lowest BCUT2D eigenvalue weighted by Crippen LogP contribution is -2.22. The van der Waals surface area contributed by atoms with Gasteiger partial charge in [0.2, 0.25) is 0 Å². The Kier molecular flexibility index (Phi) is 6.13. The second-order valence-corrected chi connectivity index (χ2v) is 6.28. The van der Waals surface area contributed by atoms with Crippen molar-refractivity contribution in [3.8, 4) is 0 Å². The molecule has 1 aromatic rings. The second kappa shape index (κ2) is 7.38. The molecule has 1 rings (SSSR count). The summed E-state index contributed by atoms with van der Waals surface area (Å²) in [7, 11) is -1.15. The zero-order valence-electron chi connectivity index (χ0n) is 11.8. The largest absolute Gasteiger partial charge is 0.372 e. The summed E-state index contributed by atoms with van der Waals surface area (Å²) in [5, 5.41) is 10.6. The first-order valence-corrected chi connectivity index (χ1v) is 8.17. The van der Waals surface area contributed by atoms with Crippen LogP contribution < -0.4 is 4.90 Å². The third kappa shape index (κ3) is 5.28. The van der Waals surface area contributed by atoms with Crippen molar-refractivity contribution in [2.24, 2.45) is 0 Å². The summed E-state index contributed by atoms with van der Waals surface area (Å²) in [6.07, 6.45) is 0. The molecule has 0 aromatic heterocycles. The SMILES string of the molecule is CCOP(C)(=O)OCCN(C)c1ccc([N+](=O)[O-])cc1. The smallest absolute Gasteiger partial charge is 0.327 e. The van der Waals surface area contributed by atoms with E-state index in [0.717, 1.165) is 5.69 Å². The molecule has 0 N–H and O–H groups in total. The number of benzene rings is 1. The Hall–Kier alpha value is -1.43. The van der Waals surface area contributed by atoms with Crippen molar-refractivity contribution < 1.29 is 18.5 Å². The van der Waals surface area contributed by atoms with Crippen LogP contribution in [0.3, 0.4) is 0 Å². The molecule has 0 spiro atoms. The highest BCUT2D eigenvalue weighted by Gasteiger charge is 2.15. The van der Waals surface area contributed by atoms with E-state index in [1.165, 1.54) is 18.8 Å². The van der Waals surface area contributed by atoms with Gasteiger partial charge < -0.3 is 13.9 Å². The fourth-order valence-electron chi connectivity index (χ4n) is 1.57. The van der Waals surface area contributed by atoms with Crippen LogP contribution in [0.1, 0.15) is 6.92 Å². The van der Waals surface area contributed by atoms with Crippen LogP contribution in [0.15, 0.2) is 24.3 Å². The van der Waals surface area contributed by atoms with Gasteiger partial charge in [-0.2, -0.15) is 0 Å². The van der Waals surface area contributed by atoms with Crippen molar-refractivity contribution in [2.75, 3.05) is 38.4 Å². The van der Waals surface area contributed by atoms with Crippen LogP contribution in [0, 0.1) is 10.1 Å². The van der Waals surface area contributed by atoms with E-state index in [1.807, 2.05) is 11.9 Å². The van der Waals surface area contributed by atoms with Crippen LogP contribution in [0.25, 0.3) is 0 Å². The van der Waals surface area contributed by atoms with Gasteiger partial charge in [0.25, 0.3) is 5.69 Å². The first-order chi connectivity index (χ1) is 9.35. The average molecular weight is 302 g/mol. The molecule has 0 saturated heterocycles. The fourth-order valence-corrected chi connectivity index (χ4v) is 2.53. The number of hydrogen-bond donors (Lipinski definition) is 0. The maximum atomic E-state index is 11.7. The van der Waals surface area contributed by atoms with E-state index in [2.05, 4.69) is 0 Å². The van der Waals surface area contributed by atoms with Gasteiger partial charge in [-0.3, -0.25) is 14.7 Å². The Labute approximate surface area is 118 Å². The number of nitrogens with zero attached hydrogens (tertiary/aromatic N) is 2. The Bertz CT molecular complexity index is 491. The monoisotopic (exact) mass is 302 g/mol. The first-order valence-electron chi connectivity index (χ1n) is 6.18. The van der Waals surface area contributed by atoms with Gasteiger partial charge in [0.1, 0.15) is 0 Å². The first kappa shape index (κ1) is 16.6. The van der Waals surface area contributed by atoms with Gasteiger partial charge in [-0.15, -0.1) is 0 Å². The topological polar surface area (TPSA) is 81.9 Å². The molecule has 0 aliphatic carbocycles. The molecule has 1 aromatic carbocycles. The fraction of sp³-hybridized carbons (Fsp3) is 0.500. The van der Waals surface area contributed by atoms with Crippen LogP contribution in [0.4, 0.5) is 11.4 Å². The van der Waals surface area contributed by atoms with E-state index in [4.69, 9.17) is 9.05 Å². The molecule has 1 atom stereocenters. The van der Waals surface area contributed by atoms with E-state index in [9.17, 15) is 14.7 Å². The van der Waals surface area contributed by atoms with Crippen molar-refractivity contribution in [1.82, 2.24) is 0 Å². The molecule has 112 valence electrons. The van der Waals surface area contributed by atoms with Gasteiger partial charge in [-0.1, -0.05) is 0 Å². The van der Waals surface area contributed by atoms with E-state index in [0.29, 0.717) is 13.2 Å². The van der Waals surface area contributed by atoms with Crippen molar-refractivity contribution in [3.63, 3.8) is 0 Å². The minimum Gasteiger partial charge on any atom is -0.372 e. The standard InChI is InChI=1S/C12H19N2O5P/c1-4-18-20(3,17)19-10-9-13(2)11-5-7-12(8-6-11)14(15)16/h5-8H,4,9-10H2,1-3H3. The third-order valence-corrected chi connectivity index (χ3v) is 4.00. The predicted molar refractivity (Wildman–Crippen MR) is 77.5 cm³/mol. The average Bonchev–Trinajstić information content (AvgIpc) is 2.38. The maximum Gasteiger partial charge on any atom is 0.327 e. The summed E-state index contributed by atoms with van der Waals surface area (Å²) in [6, 6.07) is 6.20. The van der Waals surface area contributed by atoms with Crippen LogP contribution in [-0.2, 0) is 13.6 Å². The lowest BCUT2D eigenvalue weighted by Gasteiger charge is -2.20. The zero-order chi connectivity index (χ0) is 15.2. The van der Waals surface area contributed by atoms with Crippen LogP contribution >= 0.6 is 7.60 Å². The molecule has 0 saturated carbocycles. The Morgan fingerprint density at radius 3 is 2.40 bits per heavy atom. The van der Waals surface area contributed by atoms with Crippen LogP contribution in [-0.4, -0.2) is 38.4 Å². The molecular weight excluding hydrogens is 283 g/mol. The van der Waals surface area contributed by atoms with E-state index < -0.39 is 12.5 Å². The summed E-state index contributed by atoms with van der Waals surface area (Å²) in [5.41, 5.74) is 0.870. The molecule has 0 heterocycles. The van der Waals surface area contributed by atoms with Crippen molar-refractivity contribution in [2.45, 2.75) is 6.92 Å². The van der Waals surface area contributed by atoms with E-state index in [1.54, 1.807) is 19.1 Å². The second-order valence-electron chi connectivity index (χ2n) is 4.22. The number of rotatable bonds is 8. The number of nitro groups is 1. The highest BCUT2D eigenvalue weighted by Crippen LogP contribution is 2.43. The molecule has 1 unspecified atom stereocenters. The molecular formula is C12H19N2O5P. The van der Waals surface area contributed by atoms with Gasteiger partial charge >= 0.3 is 7.60 Å². The van der Waals surface area contributed by atoms with Gasteiger partial charge in [0.15, 0.2) is 0 Å². The Morgan fingerprint density at radius 1 is 1.30 bits per heavy atom. The molecule has 0 aliphatic heterocycles. The minimum atomic E-state index is -2.98. The molecule has 7 nitrogen and oxygen atoms in total. The molecule has 0 radical (unpaired) electrons. The predicted octanol–water partition coefficient (Wildman–Crippen LogP) is 2.91. The van der Waals surface area contributed by atoms with Crippen LogP contribution in [0.5, 0.6) is 0 Å². The molecule has 8 heteroatoms. The van der Waals surface area contributed by atoms with Crippen molar-refractivity contribution >= 4 is 19.0 Å². The lowest BCUT2D eigenvalue weighted by atomic mass is 10.2.